The molecule has 4 aliphatic rings. The van der Waals surface area contributed by atoms with Gasteiger partial charge in [0, 0.05) is 24.6 Å². The lowest BCUT2D eigenvalue weighted by molar-refractivity contribution is -0.136. The van der Waals surface area contributed by atoms with E-state index in [-0.39, 0.29) is 35.9 Å². The topological polar surface area (TPSA) is 126 Å². The van der Waals surface area contributed by atoms with Crippen LogP contribution in [0.25, 0.3) is 5.69 Å². The van der Waals surface area contributed by atoms with Crippen molar-refractivity contribution in [3.63, 3.8) is 0 Å². The van der Waals surface area contributed by atoms with E-state index in [9.17, 15) is 19.2 Å². The summed E-state index contributed by atoms with van der Waals surface area (Å²) in [5.41, 5.74) is 2.54. The van der Waals surface area contributed by atoms with Crippen LogP contribution in [-0.4, -0.2) is 55.6 Å². The van der Waals surface area contributed by atoms with E-state index >= 15 is 0 Å². The molecule has 3 heterocycles. The van der Waals surface area contributed by atoms with Crippen LogP contribution in [0.4, 0.5) is 0 Å². The number of amides is 4. The molecule has 2 saturated carbocycles. The average molecular weight is 477 g/mol. The fourth-order valence-electron chi connectivity index (χ4n) is 6.35. The van der Waals surface area contributed by atoms with Crippen molar-refractivity contribution < 1.29 is 19.2 Å². The predicted molar refractivity (Wildman–Crippen MR) is 123 cm³/mol. The van der Waals surface area contributed by atoms with Gasteiger partial charge >= 0.3 is 0 Å². The van der Waals surface area contributed by atoms with Crippen LogP contribution in [0.2, 0.25) is 0 Å². The second-order valence-corrected chi connectivity index (χ2v) is 10.6. The predicted octanol–water partition coefficient (Wildman–Crippen LogP) is 1.58. The molecule has 2 aliphatic carbocycles. The van der Waals surface area contributed by atoms with Gasteiger partial charge in [0.25, 0.3) is 11.8 Å². The summed E-state index contributed by atoms with van der Waals surface area (Å²) in [5.74, 6) is -0.0513. The Bertz CT molecular complexity index is 1270. The molecule has 1 unspecified atom stereocenters. The van der Waals surface area contributed by atoms with Gasteiger partial charge in [0.15, 0.2) is 5.69 Å². The number of carbonyl (C=O) groups excluding carboxylic acids is 4. The number of fused-ring (bicyclic) bond motifs is 2. The van der Waals surface area contributed by atoms with Gasteiger partial charge in [0.1, 0.15) is 6.04 Å². The summed E-state index contributed by atoms with van der Waals surface area (Å²) in [6, 6.07) is 4.87. The Hall–Kier alpha value is -3.56. The molecule has 3 fully saturated rings. The largest absolute Gasteiger partial charge is 0.348 e. The van der Waals surface area contributed by atoms with Crippen molar-refractivity contribution in [1.29, 1.82) is 0 Å². The summed E-state index contributed by atoms with van der Waals surface area (Å²) in [6.45, 7) is 4.84. The molecule has 1 aromatic carbocycles. The van der Waals surface area contributed by atoms with Gasteiger partial charge < -0.3 is 10.2 Å². The van der Waals surface area contributed by atoms with Crippen molar-refractivity contribution >= 4 is 23.6 Å². The Balaban J connectivity index is 1.15. The Morgan fingerprint density at radius 1 is 1.23 bits per heavy atom. The zero-order valence-electron chi connectivity index (χ0n) is 19.8. The summed E-state index contributed by atoms with van der Waals surface area (Å²) in [5, 5.41) is 13.6. The number of hydrogen-bond acceptors (Lipinski definition) is 6. The fraction of sp³-hybridized carbons (Fsp3) is 0.520. The van der Waals surface area contributed by atoms with E-state index in [1.165, 1.54) is 16.0 Å². The van der Waals surface area contributed by atoms with Crippen molar-refractivity contribution in [2.24, 2.45) is 17.3 Å². The Morgan fingerprint density at radius 2 is 2.06 bits per heavy atom. The summed E-state index contributed by atoms with van der Waals surface area (Å²) >= 11 is 0. The highest BCUT2D eigenvalue weighted by molar-refractivity contribution is 6.05. The SMILES string of the molecule is CC(C)[C@@]12CC[C@H](NC(=O)c3cn(-c4ccc5c(c4)C(=O)N(C4CCC(=O)NC4=O)C5)nn3)[C@@H]1C2. The van der Waals surface area contributed by atoms with Crippen LogP contribution in [0.1, 0.15) is 72.4 Å². The second-order valence-electron chi connectivity index (χ2n) is 10.6. The van der Waals surface area contributed by atoms with E-state index < -0.39 is 11.9 Å². The lowest BCUT2D eigenvalue weighted by Gasteiger charge is -2.29. The number of imide groups is 1. The first kappa shape index (κ1) is 21.9. The fourth-order valence-corrected chi connectivity index (χ4v) is 6.35. The molecule has 1 saturated heterocycles. The van der Waals surface area contributed by atoms with Gasteiger partial charge in [-0.05, 0) is 60.6 Å². The zero-order valence-corrected chi connectivity index (χ0v) is 19.8. The molecular weight excluding hydrogens is 448 g/mol. The normalized spacial score (nSPS) is 29.3. The average Bonchev–Trinajstić information content (AvgIpc) is 3.10. The highest BCUT2D eigenvalue weighted by Crippen LogP contribution is 2.67. The standard InChI is InChI=1S/C25H28N6O4/c1-13(2)25-8-7-18(17(25)10-25)26-22(33)19-12-31(29-28-19)15-4-3-14-11-30(24(35)16(14)9-15)20-5-6-21(32)27-23(20)34/h3-4,9,12-13,17-18,20H,5-8,10-11H2,1-2H3,(H,26,33)(H,27,32,34)/t17-,18-,20?,25-/m0/s1. The Morgan fingerprint density at radius 3 is 2.77 bits per heavy atom. The third-order valence-electron chi connectivity index (χ3n) is 8.55. The first-order valence-electron chi connectivity index (χ1n) is 12.3. The van der Waals surface area contributed by atoms with E-state index in [2.05, 4.69) is 34.8 Å². The number of rotatable bonds is 5. The second kappa shape index (κ2) is 7.73. The van der Waals surface area contributed by atoms with Gasteiger partial charge in [-0.15, -0.1) is 5.10 Å². The minimum Gasteiger partial charge on any atom is -0.348 e. The molecule has 10 heteroatoms. The van der Waals surface area contributed by atoms with Crippen molar-refractivity contribution in [2.75, 3.05) is 0 Å². The van der Waals surface area contributed by atoms with Crippen LogP contribution in [0.15, 0.2) is 24.4 Å². The number of nitrogens with one attached hydrogen (secondary N) is 2. The smallest absolute Gasteiger partial charge is 0.273 e. The molecule has 0 spiro atoms. The Labute approximate surface area is 202 Å². The molecular formula is C25H28N6O4. The van der Waals surface area contributed by atoms with Crippen LogP contribution in [0, 0.1) is 17.3 Å². The van der Waals surface area contributed by atoms with Gasteiger partial charge in [-0.3, -0.25) is 24.5 Å². The van der Waals surface area contributed by atoms with Gasteiger partial charge in [-0.2, -0.15) is 0 Å². The van der Waals surface area contributed by atoms with E-state index in [0.717, 1.165) is 18.4 Å². The van der Waals surface area contributed by atoms with E-state index in [1.54, 1.807) is 12.3 Å². The molecule has 2 aliphatic heterocycles. The molecule has 0 bridgehead atoms. The highest BCUT2D eigenvalue weighted by atomic mass is 16.2. The third kappa shape index (κ3) is 3.45. The highest BCUT2D eigenvalue weighted by Gasteiger charge is 2.63. The van der Waals surface area contributed by atoms with Crippen LogP contribution in [0.3, 0.4) is 0 Å². The number of hydrogen-bond donors (Lipinski definition) is 2. The maximum absolute atomic E-state index is 13.1. The van der Waals surface area contributed by atoms with E-state index in [1.807, 2.05) is 12.1 Å². The maximum Gasteiger partial charge on any atom is 0.273 e. The third-order valence-corrected chi connectivity index (χ3v) is 8.55. The summed E-state index contributed by atoms with van der Waals surface area (Å²) in [4.78, 5) is 51.1. The lowest BCUT2D eigenvalue weighted by Crippen LogP contribution is -2.52. The summed E-state index contributed by atoms with van der Waals surface area (Å²) < 4.78 is 1.49. The molecule has 10 nitrogen and oxygen atoms in total. The summed E-state index contributed by atoms with van der Waals surface area (Å²) in [7, 11) is 0. The quantitative estimate of drug-likeness (QED) is 0.631. The maximum atomic E-state index is 13.1. The van der Waals surface area contributed by atoms with Crippen LogP contribution in [0.5, 0.6) is 0 Å². The number of benzene rings is 1. The van der Waals surface area contributed by atoms with Gasteiger partial charge in [0.05, 0.1) is 11.9 Å². The number of carbonyl (C=O) groups is 4. The number of aromatic nitrogens is 3. The molecule has 6 rings (SSSR count). The van der Waals surface area contributed by atoms with Crippen molar-refractivity contribution in [2.45, 2.75) is 64.6 Å². The van der Waals surface area contributed by atoms with Crippen LogP contribution in [-0.2, 0) is 16.1 Å². The first-order chi connectivity index (χ1) is 16.8. The van der Waals surface area contributed by atoms with Gasteiger partial charge in [-0.1, -0.05) is 25.1 Å². The molecule has 35 heavy (non-hydrogen) atoms. The number of piperidine rings is 1. The molecule has 2 N–H and O–H groups in total. The molecule has 1 aromatic heterocycles. The van der Waals surface area contributed by atoms with Crippen LogP contribution >= 0.6 is 0 Å². The van der Waals surface area contributed by atoms with Gasteiger partial charge in [0.2, 0.25) is 11.8 Å². The zero-order chi connectivity index (χ0) is 24.5. The van der Waals surface area contributed by atoms with Crippen molar-refractivity contribution in [3.05, 3.63) is 41.2 Å². The monoisotopic (exact) mass is 476 g/mol. The minimum absolute atomic E-state index is 0.186. The van der Waals surface area contributed by atoms with Crippen LogP contribution < -0.4 is 10.6 Å². The number of nitrogens with zero attached hydrogens (tertiary/aromatic N) is 4. The summed E-state index contributed by atoms with van der Waals surface area (Å²) in [6.07, 6.45) is 5.45. The Kier molecular flexibility index (Phi) is 4.84. The molecule has 2 aromatic rings. The lowest BCUT2D eigenvalue weighted by atomic mass is 9.90. The van der Waals surface area contributed by atoms with E-state index in [4.69, 9.17) is 0 Å². The van der Waals surface area contributed by atoms with Crippen molar-refractivity contribution in [3.8, 4) is 5.69 Å². The van der Waals surface area contributed by atoms with Crippen molar-refractivity contribution in [1.82, 2.24) is 30.5 Å². The van der Waals surface area contributed by atoms with Gasteiger partial charge in [-0.25, -0.2) is 4.68 Å². The molecule has 0 radical (unpaired) electrons. The minimum atomic E-state index is -0.658. The van der Waals surface area contributed by atoms with E-state index in [0.29, 0.717) is 41.5 Å². The molecule has 4 atom stereocenters. The molecule has 4 amide bonds. The first-order valence-corrected chi connectivity index (χ1v) is 12.3. The molecule has 182 valence electrons.